The van der Waals surface area contributed by atoms with Gasteiger partial charge in [0.25, 0.3) is 5.91 Å². The van der Waals surface area contributed by atoms with Gasteiger partial charge in [0.15, 0.2) is 5.78 Å². The molecule has 0 saturated heterocycles. The molecule has 2 aromatic rings. The number of rotatable bonds is 6. The molecule has 7 nitrogen and oxygen atoms in total. The molecule has 1 unspecified atom stereocenters. The minimum absolute atomic E-state index is 0.0617. The highest BCUT2D eigenvalue weighted by molar-refractivity contribution is 6.31. The number of ketones is 2. The molecule has 1 heterocycles. The largest absolute Gasteiger partial charge is 0.376 e. The van der Waals surface area contributed by atoms with Crippen LogP contribution in [0.2, 0.25) is 5.02 Å². The van der Waals surface area contributed by atoms with E-state index in [4.69, 9.17) is 11.6 Å². The highest BCUT2D eigenvalue weighted by Gasteiger charge is 2.38. The van der Waals surface area contributed by atoms with Gasteiger partial charge < -0.3 is 15.5 Å². The Labute approximate surface area is 191 Å². The Kier molecular flexibility index (Phi) is 6.28. The fourth-order valence-electron chi connectivity index (χ4n) is 4.10. The molecule has 8 heteroatoms. The van der Waals surface area contributed by atoms with Gasteiger partial charge in [0.05, 0.1) is 19.0 Å². The normalized spacial score (nSPS) is 18.0. The number of Topliss-reactive ketones (excluding diaryl/α,β-unsaturated/α-hetero) is 2. The van der Waals surface area contributed by atoms with Crippen molar-refractivity contribution in [3.63, 3.8) is 0 Å². The molecule has 1 aliphatic carbocycles. The van der Waals surface area contributed by atoms with Crippen molar-refractivity contribution < 1.29 is 19.2 Å². The van der Waals surface area contributed by atoms with Crippen LogP contribution in [-0.2, 0) is 27.5 Å². The molecule has 1 aliphatic heterocycles. The van der Waals surface area contributed by atoms with Gasteiger partial charge in [0, 0.05) is 35.8 Å². The summed E-state index contributed by atoms with van der Waals surface area (Å²) >= 11 is 6.10. The summed E-state index contributed by atoms with van der Waals surface area (Å²) in [6, 6.07) is 10.4. The molecule has 1 atom stereocenters. The molecule has 0 spiro atoms. The summed E-state index contributed by atoms with van der Waals surface area (Å²) in [6.07, 6.45) is 0.626. The van der Waals surface area contributed by atoms with Crippen molar-refractivity contribution in [2.75, 3.05) is 11.9 Å². The monoisotopic (exact) mass is 453 g/mol. The second-order valence-electron chi connectivity index (χ2n) is 8.26. The number of anilines is 1. The van der Waals surface area contributed by atoms with E-state index in [1.165, 1.54) is 0 Å². The van der Waals surface area contributed by atoms with Crippen LogP contribution in [0, 0.1) is 6.92 Å². The van der Waals surface area contributed by atoms with Crippen LogP contribution in [0.25, 0.3) is 0 Å². The lowest BCUT2D eigenvalue weighted by Crippen LogP contribution is -2.44. The average molecular weight is 454 g/mol. The predicted molar refractivity (Wildman–Crippen MR) is 120 cm³/mol. The molecule has 0 radical (unpaired) electrons. The van der Waals surface area contributed by atoms with Gasteiger partial charge in [-0.1, -0.05) is 29.8 Å². The smallest absolute Gasteiger partial charge is 0.255 e. The highest BCUT2D eigenvalue weighted by Crippen LogP contribution is 2.29. The molecule has 2 aliphatic rings. The first-order valence-electron chi connectivity index (χ1n) is 10.6. The number of carbonyl (C=O) groups is 4. The second-order valence-corrected chi connectivity index (χ2v) is 8.66. The number of fused-ring (bicyclic) bond motifs is 1. The molecule has 4 rings (SSSR count). The van der Waals surface area contributed by atoms with E-state index in [1.807, 2.05) is 25.1 Å². The van der Waals surface area contributed by atoms with Gasteiger partial charge in [-0.05, 0) is 48.2 Å². The number of hydrogen-bond donors (Lipinski definition) is 2. The first-order valence-corrected chi connectivity index (χ1v) is 10.9. The fourth-order valence-corrected chi connectivity index (χ4v) is 4.28. The summed E-state index contributed by atoms with van der Waals surface area (Å²) in [4.78, 5) is 50.3. The summed E-state index contributed by atoms with van der Waals surface area (Å²) in [6.45, 7) is 2.69. The van der Waals surface area contributed by atoms with Gasteiger partial charge in [-0.15, -0.1) is 0 Å². The molecule has 0 aromatic heterocycles. The summed E-state index contributed by atoms with van der Waals surface area (Å²) in [7, 11) is 0. The number of amides is 2. The number of carbonyl (C=O) groups excluding carboxylic acids is 4. The Hall–Kier alpha value is -3.19. The second kappa shape index (κ2) is 9.12. The zero-order chi connectivity index (χ0) is 22.8. The van der Waals surface area contributed by atoms with Crippen LogP contribution in [0.1, 0.15) is 46.3 Å². The van der Waals surface area contributed by atoms with Crippen LogP contribution in [0.4, 0.5) is 5.69 Å². The van der Waals surface area contributed by atoms with E-state index >= 15 is 0 Å². The van der Waals surface area contributed by atoms with Crippen LogP contribution in [0.3, 0.4) is 0 Å². The van der Waals surface area contributed by atoms with E-state index in [-0.39, 0.29) is 36.3 Å². The Morgan fingerprint density at radius 1 is 1.16 bits per heavy atom. The minimum Gasteiger partial charge on any atom is -0.376 e. The molecule has 32 heavy (non-hydrogen) atoms. The number of halogens is 1. The number of benzene rings is 2. The number of nitrogens with one attached hydrogen (secondary N) is 2. The standard InChI is InChI=1S/C24H24ClN3O4/c1-14-2-4-17(9-20(14)25)26-12-23(31)27-11-15-3-6-19-16(8-15)13-28(24(19)32)21-7-5-18(29)10-22(21)30/h2-4,6,8-9,21,26H,5,7,10-13H2,1H3,(H,27,31). The van der Waals surface area contributed by atoms with Crippen molar-refractivity contribution in [2.24, 2.45) is 0 Å². The van der Waals surface area contributed by atoms with Gasteiger partial charge in [-0.3, -0.25) is 19.2 Å². The number of aryl methyl sites for hydroxylation is 1. The van der Waals surface area contributed by atoms with Gasteiger partial charge in [-0.25, -0.2) is 0 Å². The first-order chi connectivity index (χ1) is 15.3. The molecular weight excluding hydrogens is 430 g/mol. The third-order valence-electron chi connectivity index (χ3n) is 5.93. The van der Waals surface area contributed by atoms with Crippen molar-refractivity contribution >= 4 is 40.7 Å². The quantitative estimate of drug-likeness (QED) is 0.655. The molecule has 0 bridgehead atoms. The topological polar surface area (TPSA) is 95.6 Å². The third kappa shape index (κ3) is 4.67. The fraction of sp³-hybridized carbons (Fsp3) is 0.333. The lowest BCUT2D eigenvalue weighted by molar-refractivity contribution is -0.133. The van der Waals surface area contributed by atoms with Crippen LogP contribution in [0.5, 0.6) is 0 Å². The maximum atomic E-state index is 12.8. The zero-order valence-corrected chi connectivity index (χ0v) is 18.5. The van der Waals surface area contributed by atoms with Crippen molar-refractivity contribution in [2.45, 2.75) is 45.3 Å². The minimum atomic E-state index is -0.530. The van der Waals surface area contributed by atoms with Crippen molar-refractivity contribution in [3.8, 4) is 0 Å². The Bertz CT molecular complexity index is 1110. The third-order valence-corrected chi connectivity index (χ3v) is 6.34. The summed E-state index contributed by atoms with van der Waals surface area (Å²) < 4.78 is 0. The van der Waals surface area contributed by atoms with Crippen LogP contribution >= 0.6 is 11.6 Å². The van der Waals surface area contributed by atoms with Gasteiger partial charge in [-0.2, -0.15) is 0 Å². The first kappa shape index (κ1) is 22.0. The van der Waals surface area contributed by atoms with Crippen molar-refractivity contribution in [3.05, 3.63) is 63.7 Å². The Morgan fingerprint density at radius 3 is 2.72 bits per heavy atom. The van der Waals surface area contributed by atoms with Gasteiger partial charge >= 0.3 is 0 Å². The molecular formula is C24H24ClN3O4. The summed E-state index contributed by atoms with van der Waals surface area (Å²) in [5.74, 6) is -0.590. The summed E-state index contributed by atoms with van der Waals surface area (Å²) in [5, 5.41) is 6.54. The zero-order valence-electron chi connectivity index (χ0n) is 17.7. The Morgan fingerprint density at radius 2 is 1.97 bits per heavy atom. The number of nitrogens with zero attached hydrogens (tertiary/aromatic N) is 1. The maximum absolute atomic E-state index is 12.8. The van der Waals surface area contributed by atoms with Gasteiger partial charge in [0.1, 0.15) is 5.78 Å². The van der Waals surface area contributed by atoms with Crippen LogP contribution < -0.4 is 10.6 Å². The molecule has 2 amide bonds. The van der Waals surface area contributed by atoms with E-state index in [1.54, 1.807) is 23.1 Å². The Balaban J connectivity index is 1.33. The van der Waals surface area contributed by atoms with Crippen LogP contribution in [0.15, 0.2) is 36.4 Å². The average Bonchev–Trinajstić information content (AvgIpc) is 3.08. The predicted octanol–water partition coefficient (Wildman–Crippen LogP) is 3.02. The number of hydrogen-bond acceptors (Lipinski definition) is 5. The van der Waals surface area contributed by atoms with Crippen molar-refractivity contribution in [1.82, 2.24) is 10.2 Å². The van der Waals surface area contributed by atoms with Crippen LogP contribution in [-0.4, -0.2) is 40.9 Å². The lowest BCUT2D eigenvalue weighted by Gasteiger charge is -2.29. The van der Waals surface area contributed by atoms with E-state index in [0.29, 0.717) is 36.5 Å². The van der Waals surface area contributed by atoms with E-state index in [0.717, 1.165) is 22.4 Å². The maximum Gasteiger partial charge on any atom is 0.255 e. The molecule has 2 aromatic carbocycles. The highest BCUT2D eigenvalue weighted by atomic mass is 35.5. The molecule has 166 valence electrons. The van der Waals surface area contributed by atoms with E-state index in [9.17, 15) is 19.2 Å². The summed E-state index contributed by atoms with van der Waals surface area (Å²) in [5.41, 5.74) is 4.01. The van der Waals surface area contributed by atoms with Crippen molar-refractivity contribution in [1.29, 1.82) is 0 Å². The van der Waals surface area contributed by atoms with E-state index < -0.39 is 6.04 Å². The SMILES string of the molecule is Cc1ccc(NCC(=O)NCc2ccc3c(c2)CN(C2CCC(=O)CC2=O)C3=O)cc1Cl. The van der Waals surface area contributed by atoms with E-state index in [2.05, 4.69) is 10.6 Å². The lowest BCUT2D eigenvalue weighted by atomic mass is 9.92. The molecule has 1 fully saturated rings. The molecule has 1 saturated carbocycles. The molecule has 2 N–H and O–H groups in total. The van der Waals surface area contributed by atoms with Gasteiger partial charge in [0.2, 0.25) is 5.91 Å².